The van der Waals surface area contributed by atoms with E-state index in [0.29, 0.717) is 6.54 Å². The summed E-state index contributed by atoms with van der Waals surface area (Å²) < 4.78 is 1.81. The van der Waals surface area contributed by atoms with Crippen molar-refractivity contribution in [1.82, 2.24) is 30.2 Å². The lowest BCUT2D eigenvalue weighted by Crippen LogP contribution is -2.21. The van der Waals surface area contributed by atoms with Gasteiger partial charge in [-0.15, -0.1) is 0 Å². The molecule has 0 saturated carbocycles. The fourth-order valence-electron chi connectivity index (χ4n) is 4.06. The van der Waals surface area contributed by atoms with Gasteiger partial charge in [0.15, 0.2) is 0 Å². The predicted octanol–water partition coefficient (Wildman–Crippen LogP) is 3.88. The Kier molecular flexibility index (Phi) is 3.92. The molecule has 0 fully saturated rings. The van der Waals surface area contributed by atoms with Crippen molar-refractivity contribution in [3.63, 3.8) is 0 Å². The van der Waals surface area contributed by atoms with Crippen molar-refractivity contribution in [3.8, 4) is 22.5 Å². The maximum atomic E-state index is 4.66. The van der Waals surface area contributed by atoms with E-state index in [2.05, 4.69) is 54.8 Å². The number of hydrazone groups is 1. The molecule has 0 unspecified atom stereocenters. The summed E-state index contributed by atoms with van der Waals surface area (Å²) in [5.74, 6) is 0. The SMILES string of the molecule is Cn1cc(-c2ccc3c(c2)C(c2cc4c(-c5ccccn5)nccc4[nH]2)=NNC3)cn1. The highest BCUT2D eigenvalue weighted by atomic mass is 15.3. The highest BCUT2D eigenvalue weighted by Gasteiger charge is 2.20. The molecule has 7 heteroatoms. The van der Waals surface area contributed by atoms with Crippen LogP contribution in [-0.4, -0.2) is 30.4 Å². The van der Waals surface area contributed by atoms with Crippen LogP contribution in [0, 0.1) is 0 Å². The van der Waals surface area contributed by atoms with Crippen LogP contribution in [0.25, 0.3) is 33.4 Å². The number of nitrogens with zero attached hydrogens (tertiary/aromatic N) is 5. The van der Waals surface area contributed by atoms with E-state index in [1.54, 1.807) is 6.20 Å². The Hall–Kier alpha value is -4.26. The molecule has 4 aromatic heterocycles. The van der Waals surface area contributed by atoms with Crippen LogP contribution >= 0.6 is 0 Å². The molecule has 1 aliphatic rings. The Bertz CT molecular complexity index is 1440. The molecule has 7 nitrogen and oxygen atoms in total. The maximum Gasteiger partial charge on any atom is 0.114 e. The van der Waals surface area contributed by atoms with E-state index in [0.717, 1.165) is 50.4 Å². The normalized spacial score (nSPS) is 13.0. The van der Waals surface area contributed by atoms with Crippen LogP contribution in [0.1, 0.15) is 16.8 Å². The summed E-state index contributed by atoms with van der Waals surface area (Å²) in [6.45, 7) is 0.702. The first-order chi connectivity index (χ1) is 15.3. The Morgan fingerprint density at radius 2 is 1.94 bits per heavy atom. The van der Waals surface area contributed by atoms with Gasteiger partial charge in [0.2, 0.25) is 0 Å². The van der Waals surface area contributed by atoms with Gasteiger partial charge in [0.1, 0.15) is 5.71 Å². The molecule has 6 rings (SSSR count). The molecule has 150 valence electrons. The average Bonchev–Trinajstić information content (AvgIpc) is 3.45. The third-order valence-electron chi connectivity index (χ3n) is 5.57. The van der Waals surface area contributed by atoms with E-state index < -0.39 is 0 Å². The van der Waals surface area contributed by atoms with Gasteiger partial charge in [-0.05, 0) is 41.5 Å². The van der Waals surface area contributed by atoms with Gasteiger partial charge in [0.05, 0.1) is 29.8 Å². The predicted molar refractivity (Wildman–Crippen MR) is 120 cm³/mol. The zero-order valence-electron chi connectivity index (χ0n) is 16.9. The first kappa shape index (κ1) is 17.6. The van der Waals surface area contributed by atoms with Crippen LogP contribution in [-0.2, 0) is 13.6 Å². The highest BCUT2D eigenvalue weighted by Crippen LogP contribution is 2.30. The number of hydrogen-bond acceptors (Lipinski definition) is 5. The van der Waals surface area contributed by atoms with Crippen LogP contribution in [0.2, 0.25) is 0 Å². The minimum Gasteiger partial charge on any atom is -0.353 e. The molecule has 5 heterocycles. The van der Waals surface area contributed by atoms with E-state index in [1.807, 2.05) is 54.6 Å². The molecule has 0 atom stereocenters. The zero-order chi connectivity index (χ0) is 20.8. The molecule has 0 aliphatic carbocycles. The van der Waals surface area contributed by atoms with Gasteiger partial charge in [0.25, 0.3) is 0 Å². The molecule has 31 heavy (non-hydrogen) atoms. The van der Waals surface area contributed by atoms with Crippen LogP contribution in [0.4, 0.5) is 0 Å². The van der Waals surface area contributed by atoms with Crippen molar-refractivity contribution >= 4 is 16.6 Å². The summed E-state index contributed by atoms with van der Waals surface area (Å²) in [7, 11) is 1.93. The fraction of sp³-hybridized carbons (Fsp3) is 0.0833. The molecular formula is C24H19N7. The second kappa shape index (κ2) is 6.91. The van der Waals surface area contributed by atoms with Gasteiger partial charge in [0, 0.05) is 47.7 Å². The fourth-order valence-corrected chi connectivity index (χ4v) is 4.06. The number of pyridine rings is 2. The van der Waals surface area contributed by atoms with Crippen molar-refractivity contribution in [2.24, 2.45) is 12.1 Å². The van der Waals surface area contributed by atoms with Crippen LogP contribution < -0.4 is 5.43 Å². The zero-order valence-corrected chi connectivity index (χ0v) is 16.9. The molecule has 0 bridgehead atoms. The first-order valence-corrected chi connectivity index (χ1v) is 10.1. The van der Waals surface area contributed by atoms with Crippen molar-refractivity contribution in [2.75, 3.05) is 0 Å². The van der Waals surface area contributed by atoms with E-state index in [-0.39, 0.29) is 0 Å². The third-order valence-corrected chi connectivity index (χ3v) is 5.57. The summed E-state index contributed by atoms with van der Waals surface area (Å²) >= 11 is 0. The summed E-state index contributed by atoms with van der Waals surface area (Å²) in [5.41, 5.74) is 12.2. The van der Waals surface area contributed by atoms with E-state index in [4.69, 9.17) is 0 Å². The molecule has 1 aromatic carbocycles. The molecular weight excluding hydrogens is 386 g/mol. The number of rotatable bonds is 3. The Morgan fingerprint density at radius 3 is 2.77 bits per heavy atom. The molecule has 0 spiro atoms. The Labute approximate surface area is 178 Å². The molecule has 1 aliphatic heterocycles. The Balaban J connectivity index is 1.48. The smallest absolute Gasteiger partial charge is 0.114 e. The van der Waals surface area contributed by atoms with Crippen molar-refractivity contribution in [3.05, 3.63) is 90.1 Å². The molecule has 2 N–H and O–H groups in total. The lowest BCUT2D eigenvalue weighted by molar-refractivity contribution is 0.729. The molecule has 5 aromatic rings. The standard InChI is InChI=1S/C24H19N7/c1-31-14-17(13-28-31)15-5-6-16-12-27-30-24(18(16)10-15)22-11-19-20(29-22)7-9-26-23(19)21-4-2-3-8-25-21/h2-11,13-14,27,29H,12H2,1H3. The number of nitrogens with one attached hydrogen (secondary N) is 2. The number of fused-ring (bicyclic) bond motifs is 2. The topological polar surface area (TPSA) is 83.8 Å². The average molecular weight is 405 g/mol. The number of aromatic amines is 1. The van der Waals surface area contributed by atoms with Gasteiger partial charge >= 0.3 is 0 Å². The lowest BCUT2D eigenvalue weighted by atomic mass is 9.95. The largest absolute Gasteiger partial charge is 0.353 e. The summed E-state index contributed by atoms with van der Waals surface area (Å²) in [6.07, 6.45) is 7.50. The quantitative estimate of drug-likeness (QED) is 0.477. The van der Waals surface area contributed by atoms with Crippen LogP contribution in [0.5, 0.6) is 0 Å². The summed E-state index contributed by atoms with van der Waals surface area (Å²) in [6, 6.07) is 16.4. The number of hydrogen-bond donors (Lipinski definition) is 2. The van der Waals surface area contributed by atoms with E-state index >= 15 is 0 Å². The first-order valence-electron chi connectivity index (χ1n) is 10.1. The summed E-state index contributed by atoms with van der Waals surface area (Å²) in [5, 5.41) is 9.98. The lowest BCUT2D eigenvalue weighted by Gasteiger charge is -2.18. The number of H-pyrrole nitrogens is 1. The van der Waals surface area contributed by atoms with Gasteiger partial charge in [-0.25, -0.2) is 0 Å². The van der Waals surface area contributed by atoms with Gasteiger partial charge in [-0.3, -0.25) is 14.6 Å². The minimum absolute atomic E-state index is 0.702. The van der Waals surface area contributed by atoms with Gasteiger partial charge in [-0.2, -0.15) is 10.2 Å². The van der Waals surface area contributed by atoms with Crippen LogP contribution in [0.15, 0.2) is 78.4 Å². The maximum absolute atomic E-state index is 4.66. The minimum atomic E-state index is 0.702. The Morgan fingerprint density at radius 1 is 0.968 bits per heavy atom. The number of aryl methyl sites for hydroxylation is 1. The second-order valence-electron chi connectivity index (χ2n) is 7.59. The van der Waals surface area contributed by atoms with Gasteiger partial charge in [-0.1, -0.05) is 18.2 Å². The third kappa shape index (κ3) is 2.98. The monoisotopic (exact) mass is 405 g/mol. The molecule has 0 amide bonds. The number of benzene rings is 1. The van der Waals surface area contributed by atoms with Crippen molar-refractivity contribution in [2.45, 2.75) is 6.54 Å². The van der Waals surface area contributed by atoms with Gasteiger partial charge < -0.3 is 10.4 Å². The van der Waals surface area contributed by atoms with Crippen molar-refractivity contribution < 1.29 is 0 Å². The summed E-state index contributed by atoms with van der Waals surface area (Å²) in [4.78, 5) is 12.6. The molecule has 0 saturated heterocycles. The van der Waals surface area contributed by atoms with E-state index in [1.165, 1.54) is 5.56 Å². The van der Waals surface area contributed by atoms with Crippen molar-refractivity contribution in [1.29, 1.82) is 0 Å². The van der Waals surface area contributed by atoms with E-state index in [9.17, 15) is 0 Å². The molecule has 0 radical (unpaired) electrons. The second-order valence-corrected chi connectivity index (χ2v) is 7.59. The highest BCUT2D eigenvalue weighted by molar-refractivity contribution is 6.16. The van der Waals surface area contributed by atoms with Crippen LogP contribution in [0.3, 0.4) is 0 Å². The number of aromatic nitrogens is 5.